The van der Waals surface area contributed by atoms with E-state index in [1.807, 2.05) is 18.2 Å². The van der Waals surface area contributed by atoms with E-state index in [-0.39, 0.29) is 6.42 Å². The molecule has 1 amide bonds. The third-order valence-electron chi connectivity index (χ3n) is 3.21. The molecule has 0 saturated heterocycles. The lowest BCUT2D eigenvalue weighted by Gasteiger charge is -2.15. The molecule has 0 radical (unpaired) electrons. The highest BCUT2D eigenvalue weighted by Gasteiger charge is 2.21. The van der Waals surface area contributed by atoms with Crippen molar-refractivity contribution in [3.8, 4) is 6.07 Å². The van der Waals surface area contributed by atoms with E-state index in [9.17, 15) is 14.7 Å². The van der Waals surface area contributed by atoms with E-state index in [0.29, 0.717) is 11.1 Å². The first kappa shape index (κ1) is 16.7. The summed E-state index contributed by atoms with van der Waals surface area (Å²) in [6, 6.07) is 14.2. The predicted octanol–water partition coefficient (Wildman–Crippen LogP) is 2.75. The van der Waals surface area contributed by atoms with E-state index in [0.717, 1.165) is 10.0 Å². The number of nitriles is 1. The van der Waals surface area contributed by atoms with Crippen LogP contribution in [0.4, 0.5) is 0 Å². The van der Waals surface area contributed by atoms with E-state index in [1.54, 1.807) is 12.1 Å². The van der Waals surface area contributed by atoms with Gasteiger partial charge in [0.2, 0.25) is 0 Å². The molecule has 2 rings (SSSR count). The lowest BCUT2D eigenvalue weighted by atomic mass is 10.1. The molecule has 2 aromatic carbocycles. The van der Waals surface area contributed by atoms with Crippen LogP contribution in [0, 0.1) is 11.3 Å². The number of benzene rings is 2. The van der Waals surface area contributed by atoms with Crippen LogP contribution in [0.1, 0.15) is 21.5 Å². The molecule has 0 saturated carbocycles. The molecule has 116 valence electrons. The van der Waals surface area contributed by atoms with Gasteiger partial charge in [-0.05, 0) is 42.0 Å². The fourth-order valence-corrected chi connectivity index (χ4v) is 2.48. The number of carbonyl (C=O) groups is 2. The van der Waals surface area contributed by atoms with Gasteiger partial charge in [-0.2, -0.15) is 5.26 Å². The molecule has 0 fully saturated rings. The van der Waals surface area contributed by atoms with Crippen molar-refractivity contribution < 1.29 is 14.7 Å². The number of nitrogens with one attached hydrogen (secondary N) is 1. The quantitative estimate of drug-likeness (QED) is 0.843. The van der Waals surface area contributed by atoms with E-state index in [1.165, 1.54) is 24.3 Å². The smallest absolute Gasteiger partial charge is 0.326 e. The number of hydrogen-bond donors (Lipinski definition) is 2. The molecule has 2 N–H and O–H groups in total. The number of halogens is 1. The van der Waals surface area contributed by atoms with E-state index in [2.05, 4.69) is 21.2 Å². The summed E-state index contributed by atoms with van der Waals surface area (Å²) in [6.07, 6.45) is 0.177. The normalized spacial score (nSPS) is 11.3. The van der Waals surface area contributed by atoms with E-state index < -0.39 is 17.9 Å². The number of hydrogen-bond acceptors (Lipinski definition) is 3. The highest BCUT2D eigenvalue weighted by molar-refractivity contribution is 9.10. The van der Waals surface area contributed by atoms with Crippen LogP contribution in [0.3, 0.4) is 0 Å². The minimum Gasteiger partial charge on any atom is -0.480 e. The first-order valence-corrected chi connectivity index (χ1v) is 7.57. The van der Waals surface area contributed by atoms with Crippen molar-refractivity contribution >= 4 is 27.8 Å². The topological polar surface area (TPSA) is 90.2 Å². The first-order valence-electron chi connectivity index (χ1n) is 6.78. The van der Waals surface area contributed by atoms with Crippen LogP contribution in [-0.4, -0.2) is 23.0 Å². The monoisotopic (exact) mass is 372 g/mol. The molecule has 0 unspecified atom stereocenters. The van der Waals surface area contributed by atoms with Crippen LogP contribution in [0.25, 0.3) is 0 Å². The molecule has 2 aromatic rings. The molecular formula is C17H13BrN2O3. The Hall–Kier alpha value is -2.65. The van der Waals surface area contributed by atoms with E-state index in [4.69, 9.17) is 5.26 Å². The fourth-order valence-electron chi connectivity index (χ4n) is 2.04. The summed E-state index contributed by atoms with van der Waals surface area (Å²) in [5.41, 5.74) is 1.54. The summed E-state index contributed by atoms with van der Waals surface area (Å²) in [5, 5.41) is 20.6. The number of carboxylic acids is 1. The third-order valence-corrected chi connectivity index (χ3v) is 3.70. The summed E-state index contributed by atoms with van der Waals surface area (Å²) in [6.45, 7) is 0. The van der Waals surface area contributed by atoms with Gasteiger partial charge in [0.15, 0.2) is 0 Å². The van der Waals surface area contributed by atoms with Gasteiger partial charge >= 0.3 is 5.97 Å². The second-order valence-electron chi connectivity index (χ2n) is 4.89. The summed E-state index contributed by atoms with van der Waals surface area (Å²) in [5.74, 6) is -1.59. The van der Waals surface area contributed by atoms with Gasteiger partial charge in [0.1, 0.15) is 6.04 Å². The number of amides is 1. The van der Waals surface area contributed by atoms with Crippen molar-refractivity contribution in [3.63, 3.8) is 0 Å². The molecule has 0 heterocycles. The molecule has 6 heteroatoms. The molecule has 0 aliphatic rings. The Balaban J connectivity index is 2.11. The van der Waals surface area contributed by atoms with Crippen LogP contribution in [-0.2, 0) is 11.2 Å². The molecular weight excluding hydrogens is 360 g/mol. The molecule has 0 aliphatic carbocycles. The van der Waals surface area contributed by atoms with Crippen LogP contribution in [0.15, 0.2) is 53.0 Å². The van der Waals surface area contributed by atoms with Crippen molar-refractivity contribution in [2.45, 2.75) is 12.5 Å². The second kappa shape index (κ2) is 7.56. The maximum atomic E-state index is 12.1. The molecule has 0 spiro atoms. The minimum absolute atomic E-state index is 0.177. The standard InChI is InChI=1S/C17H13BrN2O3/c18-14-3-1-2-12(8-14)9-15(17(22)23)20-16(21)13-6-4-11(10-19)5-7-13/h1-8,15H,9H2,(H,20,21)(H,22,23)/t15-/m1/s1. The number of rotatable bonds is 5. The fraction of sp³-hybridized carbons (Fsp3) is 0.118. The number of nitrogens with zero attached hydrogens (tertiary/aromatic N) is 1. The highest BCUT2D eigenvalue weighted by atomic mass is 79.9. The zero-order valence-corrected chi connectivity index (χ0v) is 13.6. The maximum Gasteiger partial charge on any atom is 0.326 e. The van der Waals surface area contributed by atoms with Gasteiger partial charge < -0.3 is 10.4 Å². The molecule has 0 bridgehead atoms. The van der Waals surface area contributed by atoms with Crippen LogP contribution in [0.5, 0.6) is 0 Å². The van der Waals surface area contributed by atoms with Crippen LogP contribution < -0.4 is 5.32 Å². The summed E-state index contributed by atoms with van der Waals surface area (Å²) >= 11 is 3.33. The van der Waals surface area contributed by atoms with Crippen molar-refractivity contribution in [1.82, 2.24) is 5.32 Å². The summed E-state index contributed by atoms with van der Waals surface area (Å²) in [4.78, 5) is 23.5. The largest absolute Gasteiger partial charge is 0.480 e. The Labute approximate surface area is 141 Å². The van der Waals surface area contributed by atoms with Gasteiger partial charge in [-0.1, -0.05) is 28.1 Å². The Bertz CT molecular complexity index is 766. The lowest BCUT2D eigenvalue weighted by Crippen LogP contribution is -2.42. The van der Waals surface area contributed by atoms with Gasteiger partial charge in [-0.15, -0.1) is 0 Å². The summed E-state index contributed by atoms with van der Waals surface area (Å²) in [7, 11) is 0. The first-order chi connectivity index (χ1) is 11.0. The zero-order valence-electron chi connectivity index (χ0n) is 12.0. The number of aliphatic carboxylic acids is 1. The van der Waals surface area contributed by atoms with Crippen LogP contribution in [0.2, 0.25) is 0 Å². The van der Waals surface area contributed by atoms with Gasteiger partial charge in [-0.25, -0.2) is 4.79 Å². The number of carboxylic acid groups (broad SMARTS) is 1. The van der Waals surface area contributed by atoms with Gasteiger partial charge in [0, 0.05) is 16.5 Å². The van der Waals surface area contributed by atoms with Gasteiger partial charge in [0.25, 0.3) is 5.91 Å². The molecule has 0 aliphatic heterocycles. The molecule has 0 aromatic heterocycles. The van der Waals surface area contributed by atoms with Crippen molar-refractivity contribution in [1.29, 1.82) is 5.26 Å². The SMILES string of the molecule is N#Cc1ccc(C(=O)N[C@H](Cc2cccc(Br)c2)C(=O)O)cc1. The highest BCUT2D eigenvalue weighted by Crippen LogP contribution is 2.13. The summed E-state index contributed by atoms with van der Waals surface area (Å²) < 4.78 is 0.845. The van der Waals surface area contributed by atoms with Gasteiger partial charge in [0.05, 0.1) is 11.6 Å². The maximum absolute atomic E-state index is 12.1. The average Bonchev–Trinajstić information content (AvgIpc) is 2.54. The Morgan fingerprint density at radius 1 is 1.22 bits per heavy atom. The molecule has 1 atom stereocenters. The predicted molar refractivity (Wildman–Crippen MR) is 87.9 cm³/mol. The van der Waals surface area contributed by atoms with Crippen molar-refractivity contribution in [2.24, 2.45) is 0 Å². The van der Waals surface area contributed by atoms with Crippen molar-refractivity contribution in [2.75, 3.05) is 0 Å². The third kappa shape index (κ3) is 4.66. The minimum atomic E-state index is -1.10. The second-order valence-corrected chi connectivity index (χ2v) is 5.80. The Morgan fingerprint density at radius 2 is 1.91 bits per heavy atom. The molecule has 23 heavy (non-hydrogen) atoms. The zero-order chi connectivity index (χ0) is 16.8. The van der Waals surface area contributed by atoms with E-state index >= 15 is 0 Å². The molecule has 5 nitrogen and oxygen atoms in total. The van der Waals surface area contributed by atoms with Crippen molar-refractivity contribution in [3.05, 3.63) is 69.7 Å². The lowest BCUT2D eigenvalue weighted by molar-refractivity contribution is -0.139. The number of carbonyl (C=O) groups excluding carboxylic acids is 1. The Kier molecular flexibility index (Phi) is 5.50. The Morgan fingerprint density at radius 3 is 2.48 bits per heavy atom. The van der Waals surface area contributed by atoms with Crippen LogP contribution >= 0.6 is 15.9 Å². The average molecular weight is 373 g/mol. The van der Waals surface area contributed by atoms with Gasteiger partial charge in [-0.3, -0.25) is 4.79 Å².